The van der Waals surface area contributed by atoms with E-state index in [0.29, 0.717) is 23.3 Å². The zero-order valence-corrected chi connectivity index (χ0v) is 11.2. The van der Waals surface area contributed by atoms with E-state index >= 15 is 0 Å². The van der Waals surface area contributed by atoms with Crippen LogP contribution >= 0.6 is 15.9 Å². The minimum absolute atomic E-state index is 0.0425. The van der Waals surface area contributed by atoms with Gasteiger partial charge in [-0.1, -0.05) is 6.92 Å². The molecule has 1 N–H and O–H groups in total. The Hall–Kier alpha value is -0.940. The molecule has 1 fully saturated rings. The van der Waals surface area contributed by atoms with Gasteiger partial charge in [-0.3, -0.25) is 4.79 Å². The fourth-order valence-electron chi connectivity index (χ4n) is 1.95. The van der Waals surface area contributed by atoms with Crippen LogP contribution in [0.4, 0.5) is 0 Å². The van der Waals surface area contributed by atoms with Crippen molar-refractivity contribution in [2.75, 3.05) is 13.1 Å². The molecule has 0 saturated carbocycles. The van der Waals surface area contributed by atoms with Gasteiger partial charge in [-0.05, 0) is 40.4 Å². The normalized spacial score (nSPS) is 24.8. The third kappa shape index (κ3) is 2.84. The highest BCUT2D eigenvalue weighted by atomic mass is 79.9. The van der Waals surface area contributed by atoms with Crippen molar-refractivity contribution in [2.24, 2.45) is 5.92 Å². The Morgan fingerprint density at radius 2 is 2.41 bits per heavy atom. The molecule has 17 heavy (non-hydrogen) atoms. The molecule has 2 atom stereocenters. The number of carbonyl (C=O) groups excluding carboxylic acids is 1. The average molecular weight is 299 g/mol. The molecule has 0 aliphatic carbocycles. The molecule has 0 bridgehead atoms. The van der Waals surface area contributed by atoms with Crippen LogP contribution in [0.3, 0.4) is 0 Å². The lowest BCUT2D eigenvalue weighted by Gasteiger charge is -2.34. The quantitative estimate of drug-likeness (QED) is 0.803. The summed E-state index contributed by atoms with van der Waals surface area (Å²) in [6.45, 7) is 3.13. The fourth-order valence-corrected chi connectivity index (χ4v) is 2.32. The Bertz CT molecular complexity index is 425. The van der Waals surface area contributed by atoms with Gasteiger partial charge < -0.3 is 10.0 Å². The standard InChI is InChI=1S/C12H15BrN2O2/c1-8-3-5-15(7-10(8)16)12(17)9-2-4-14-11(13)6-9/h2,4,6,8,10,16H,3,5,7H2,1H3. The lowest BCUT2D eigenvalue weighted by molar-refractivity contribution is 0.0248. The second kappa shape index (κ2) is 5.14. The number of halogens is 1. The summed E-state index contributed by atoms with van der Waals surface area (Å²) in [5.74, 6) is 0.224. The van der Waals surface area contributed by atoms with Crippen molar-refractivity contribution in [1.82, 2.24) is 9.88 Å². The predicted octanol–water partition coefficient (Wildman–Crippen LogP) is 1.69. The number of aliphatic hydroxyl groups excluding tert-OH is 1. The number of rotatable bonds is 1. The Morgan fingerprint density at radius 3 is 3.06 bits per heavy atom. The van der Waals surface area contributed by atoms with E-state index in [2.05, 4.69) is 20.9 Å². The van der Waals surface area contributed by atoms with Crippen molar-refractivity contribution in [3.63, 3.8) is 0 Å². The summed E-state index contributed by atoms with van der Waals surface area (Å²) in [6.07, 6.45) is 2.03. The molecule has 0 spiro atoms. The molecule has 1 saturated heterocycles. The molecule has 2 heterocycles. The zero-order chi connectivity index (χ0) is 12.4. The van der Waals surface area contributed by atoms with Gasteiger partial charge in [0.2, 0.25) is 0 Å². The highest BCUT2D eigenvalue weighted by Gasteiger charge is 2.27. The highest BCUT2D eigenvalue weighted by Crippen LogP contribution is 2.19. The molecule has 1 aliphatic rings. The predicted molar refractivity (Wildman–Crippen MR) is 67.6 cm³/mol. The second-order valence-electron chi connectivity index (χ2n) is 4.45. The monoisotopic (exact) mass is 298 g/mol. The lowest BCUT2D eigenvalue weighted by atomic mass is 9.95. The van der Waals surface area contributed by atoms with Crippen molar-refractivity contribution >= 4 is 21.8 Å². The first kappa shape index (κ1) is 12.5. The maximum absolute atomic E-state index is 12.2. The van der Waals surface area contributed by atoms with Crippen LogP contribution in [-0.2, 0) is 0 Å². The maximum atomic E-state index is 12.2. The summed E-state index contributed by atoms with van der Waals surface area (Å²) in [6, 6.07) is 3.39. The molecule has 1 aromatic heterocycles. The Kier molecular flexibility index (Phi) is 3.79. The Balaban J connectivity index is 2.10. The molecule has 2 unspecified atom stereocenters. The van der Waals surface area contributed by atoms with Crippen molar-refractivity contribution in [2.45, 2.75) is 19.4 Å². The first-order valence-corrected chi connectivity index (χ1v) is 6.46. The van der Waals surface area contributed by atoms with Gasteiger partial charge in [-0.2, -0.15) is 0 Å². The van der Waals surface area contributed by atoms with Crippen LogP contribution in [0.15, 0.2) is 22.9 Å². The van der Waals surface area contributed by atoms with Crippen molar-refractivity contribution in [1.29, 1.82) is 0 Å². The van der Waals surface area contributed by atoms with E-state index in [1.54, 1.807) is 23.2 Å². The number of nitrogens with zero attached hydrogens (tertiary/aromatic N) is 2. The van der Waals surface area contributed by atoms with Crippen LogP contribution in [0, 0.1) is 5.92 Å². The van der Waals surface area contributed by atoms with Gasteiger partial charge in [-0.25, -0.2) is 4.98 Å². The number of carbonyl (C=O) groups is 1. The molecule has 1 aromatic rings. The smallest absolute Gasteiger partial charge is 0.254 e. The van der Waals surface area contributed by atoms with Crippen LogP contribution in [0.2, 0.25) is 0 Å². The van der Waals surface area contributed by atoms with E-state index in [-0.39, 0.29) is 11.8 Å². The minimum Gasteiger partial charge on any atom is -0.391 e. The van der Waals surface area contributed by atoms with E-state index < -0.39 is 6.10 Å². The van der Waals surface area contributed by atoms with Gasteiger partial charge in [0.1, 0.15) is 4.60 Å². The molecule has 0 aromatic carbocycles. The largest absolute Gasteiger partial charge is 0.391 e. The van der Waals surface area contributed by atoms with E-state index in [1.165, 1.54) is 0 Å². The fraction of sp³-hybridized carbons (Fsp3) is 0.500. The summed E-state index contributed by atoms with van der Waals surface area (Å²) in [5, 5.41) is 9.78. The number of aromatic nitrogens is 1. The number of likely N-dealkylation sites (tertiary alicyclic amines) is 1. The van der Waals surface area contributed by atoms with Gasteiger partial charge in [0.15, 0.2) is 0 Å². The van der Waals surface area contributed by atoms with Crippen molar-refractivity contribution in [3.8, 4) is 0 Å². The third-order valence-corrected chi connectivity index (χ3v) is 3.61. The number of aliphatic hydroxyl groups is 1. The minimum atomic E-state index is -0.419. The second-order valence-corrected chi connectivity index (χ2v) is 5.26. The van der Waals surface area contributed by atoms with Gasteiger partial charge in [0.05, 0.1) is 6.10 Å². The number of β-amino-alcohol motifs (C(OH)–C–C–N with tert-alkyl or cyclic N) is 1. The topological polar surface area (TPSA) is 53.4 Å². The van der Waals surface area contributed by atoms with E-state index in [1.807, 2.05) is 6.92 Å². The first-order valence-electron chi connectivity index (χ1n) is 5.67. The SMILES string of the molecule is CC1CCN(C(=O)c2ccnc(Br)c2)CC1O. The van der Waals surface area contributed by atoms with Crippen LogP contribution in [0.5, 0.6) is 0 Å². The lowest BCUT2D eigenvalue weighted by Crippen LogP contribution is -2.45. The number of pyridine rings is 1. The van der Waals surface area contributed by atoms with Gasteiger partial charge in [0, 0.05) is 24.8 Å². The summed E-state index contributed by atoms with van der Waals surface area (Å²) in [4.78, 5) is 17.9. The van der Waals surface area contributed by atoms with E-state index in [4.69, 9.17) is 0 Å². The van der Waals surface area contributed by atoms with Crippen LogP contribution in [0.25, 0.3) is 0 Å². The average Bonchev–Trinajstić information content (AvgIpc) is 2.32. The molecular formula is C12H15BrN2O2. The highest BCUT2D eigenvalue weighted by molar-refractivity contribution is 9.10. The molecule has 1 amide bonds. The van der Waals surface area contributed by atoms with Crippen molar-refractivity contribution < 1.29 is 9.90 Å². The summed E-state index contributed by atoms with van der Waals surface area (Å²) >= 11 is 3.24. The van der Waals surface area contributed by atoms with Crippen LogP contribution in [0.1, 0.15) is 23.7 Å². The van der Waals surface area contributed by atoms with Gasteiger partial charge in [-0.15, -0.1) is 0 Å². The molecular weight excluding hydrogens is 284 g/mol. The molecule has 5 heteroatoms. The zero-order valence-electron chi connectivity index (χ0n) is 9.64. The first-order chi connectivity index (χ1) is 8.08. The molecule has 0 radical (unpaired) electrons. The van der Waals surface area contributed by atoms with E-state index in [9.17, 15) is 9.90 Å². The Labute approximate surface area is 109 Å². The van der Waals surface area contributed by atoms with E-state index in [0.717, 1.165) is 6.42 Å². The molecule has 2 rings (SSSR count). The number of amides is 1. The van der Waals surface area contributed by atoms with Crippen LogP contribution in [-0.4, -0.2) is 40.1 Å². The summed E-state index contributed by atoms with van der Waals surface area (Å²) < 4.78 is 0.647. The number of hydrogen-bond acceptors (Lipinski definition) is 3. The molecule has 4 nitrogen and oxygen atoms in total. The number of piperidine rings is 1. The van der Waals surface area contributed by atoms with Crippen molar-refractivity contribution in [3.05, 3.63) is 28.5 Å². The molecule has 1 aliphatic heterocycles. The molecule has 92 valence electrons. The number of hydrogen-bond donors (Lipinski definition) is 1. The Morgan fingerprint density at radius 1 is 1.65 bits per heavy atom. The summed E-state index contributed by atoms with van der Waals surface area (Å²) in [5.41, 5.74) is 0.605. The van der Waals surface area contributed by atoms with Gasteiger partial charge >= 0.3 is 0 Å². The van der Waals surface area contributed by atoms with Crippen LogP contribution < -0.4 is 0 Å². The summed E-state index contributed by atoms with van der Waals surface area (Å²) in [7, 11) is 0. The third-order valence-electron chi connectivity index (χ3n) is 3.18. The van der Waals surface area contributed by atoms with Gasteiger partial charge in [0.25, 0.3) is 5.91 Å². The maximum Gasteiger partial charge on any atom is 0.254 e.